The molecule has 0 saturated carbocycles. The maximum atomic E-state index is 12.6. The first-order chi connectivity index (χ1) is 11.9. The zero-order valence-electron chi connectivity index (χ0n) is 15.3. The summed E-state index contributed by atoms with van der Waals surface area (Å²) in [5.74, 6) is -0.000536. The Bertz CT molecular complexity index is 585. The van der Waals surface area contributed by atoms with Crippen molar-refractivity contribution in [2.45, 2.75) is 32.2 Å². The van der Waals surface area contributed by atoms with Gasteiger partial charge in [-0.1, -0.05) is 0 Å². The second-order valence-corrected chi connectivity index (χ2v) is 7.66. The molecule has 2 saturated heterocycles. The minimum atomic E-state index is -0.251. The van der Waals surface area contributed by atoms with Gasteiger partial charge in [-0.2, -0.15) is 0 Å². The highest BCUT2D eigenvalue weighted by Gasteiger charge is 2.30. The molecule has 2 aliphatic heterocycles. The summed E-state index contributed by atoms with van der Waals surface area (Å²) in [6.45, 7) is 9.55. The molecule has 0 aromatic carbocycles. The topological polar surface area (TPSA) is 71.7 Å². The molecule has 3 amide bonds. The molecule has 25 heavy (non-hydrogen) atoms. The highest BCUT2D eigenvalue weighted by atomic mass is 16.2. The van der Waals surface area contributed by atoms with Gasteiger partial charge in [0.05, 0.1) is 0 Å². The fourth-order valence-electron chi connectivity index (χ4n) is 3.65. The number of hydrogen-bond donors (Lipinski definition) is 2. The maximum Gasteiger partial charge on any atom is 0.317 e. The second-order valence-electron chi connectivity index (χ2n) is 7.66. The lowest BCUT2D eigenvalue weighted by Gasteiger charge is -2.38. The molecule has 0 radical (unpaired) electrons. The molecule has 1 aromatic rings. The van der Waals surface area contributed by atoms with Crippen LogP contribution in [0.15, 0.2) is 18.3 Å². The predicted octanol–water partition coefficient (Wildman–Crippen LogP) is 1.36. The molecule has 0 unspecified atom stereocenters. The number of hydrogen-bond acceptors (Lipinski definition) is 3. The Kier molecular flexibility index (Phi) is 5.32. The van der Waals surface area contributed by atoms with Crippen LogP contribution in [-0.4, -0.2) is 83.0 Å². The number of piperazine rings is 1. The van der Waals surface area contributed by atoms with Gasteiger partial charge in [-0.15, -0.1) is 0 Å². The predicted molar refractivity (Wildman–Crippen MR) is 96.6 cm³/mol. The van der Waals surface area contributed by atoms with Gasteiger partial charge < -0.3 is 25.0 Å². The molecule has 0 bridgehead atoms. The van der Waals surface area contributed by atoms with Crippen LogP contribution in [0.1, 0.15) is 37.2 Å². The molecular formula is C18H29N5O2. The molecule has 7 heteroatoms. The molecule has 7 nitrogen and oxygen atoms in total. The standard InChI is InChI=1S/C18H29N5O2/c1-18(2,14-21-8-3-4-9-21)20-17(25)23-12-10-22(11-13-23)16(24)15-6-5-7-19-15/h5-7,19H,3-4,8-14H2,1-2H3,(H,20,25). The average molecular weight is 347 g/mol. The molecule has 3 rings (SSSR count). The van der Waals surface area contributed by atoms with Crippen molar-refractivity contribution in [1.29, 1.82) is 0 Å². The zero-order valence-corrected chi connectivity index (χ0v) is 15.3. The Balaban J connectivity index is 1.47. The van der Waals surface area contributed by atoms with Crippen molar-refractivity contribution in [3.8, 4) is 0 Å². The van der Waals surface area contributed by atoms with E-state index >= 15 is 0 Å². The normalized spacial score (nSPS) is 19.3. The van der Waals surface area contributed by atoms with Crippen LogP contribution >= 0.6 is 0 Å². The van der Waals surface area contributed by atoms with E-state index in [0.717, 1.165) is 19.6 Å². The fraction of sp³-hybridized carbons (Fsp3) is 0.667. The van der Waals surface area contributed by atoms with Gasteiger partial charge in [-0.3, -0.25) is 4.79 Å². The largest absolute Gasteiger partial charge is 0.357 e. The van der Waals surface area contributed by atoms with Gasteiger partial charge in [0.1, 0.15) is 5.69 Å². The van der Waals surface area contributed by atoms with E-state index in [1.54, 1.807) is 17.2 Å². The van der Waals surface area contributed by atoms with Crippen molar-refractivity contribution in [2.24, 2.45) is 0 Å². The van der Waals surface area contributed by atoms with Crippen LogP contribution in [0.4, 0.5) is 4.79 Å². The number of aromatic nitrogens is 1. The van der Waals surface area contributed by atoms with E-state index < -0.39 is 0 Å². The molecule has 2 N–H and O–H groups in total. The van der Waals surface area contributed by atoms with E-state index in [2.05, 4.69) is 29.0 Å². The van der Waals surface area contributed by atoms with Crippen molar-refractivity contribution in [2.75, 3.05) is 45.8 Å². The number of H-pyrrole nitrogens is 1. The van der Waals surface area contributed by atoms with E-state index in [1.807, 2.05) is 11.0 Å². The number of nitrogens with zero attached hydrogens (tertiary/aromatic N) is 3. The quantitative estimate of drug-likeness (QED) is 0.864. The minimum Gasteiger partial charge on any atom is -0.357 e. The maximum absolute atomic E-state index is 12.6. The Labute approximate surface area is 149 Å². The number of likely N-dealkylation sites (tertiary alicyclic amines) is 1. The van der Waals surface area contributed by atoms with Crippen molar-refractivity contribution >= 4 is 11.9 Å². The number of amides is 3. The first kappa shape index (κ1) is 17.8. The lowest BCUT2D eigenvalue weighted by molar-refractivity contribution is 0.0654. The van der Waals surface area contributed by atoms with E-state index in [4.69, 9.17) is 0 Å². The van der Waals surface area contributed by atoms with Crippen molar-refractivity contribution in [3.05, 3.63) is 24.0 Å². The summed E-state index contributed by atoms with van der Waals surface area (Å²) in [7, 11) is 0. The van der Waals surface area contributed by atoms with Gasteiger partial charge in [0, 0.05) is 44.5 Å². The number of aromatic amines is 1. The number of urea groups is 1. The monoisotopic (exact) mass is 347 g/mol. The van der Waals surface area contributed by atoms with Gasteiger partial charge >= 0.3 is 6.03 Å². The SMILES string of the molecule is CC(C)(CN1CCCC1)NC(=O)N1CCN(C(=O)c2ccc[nH]2)CC1. The molecular weight excluding hydrogens is 318 g/mol. The van der Waals surface area contributed by atoms with Gasteiger partial charge in [0.15, 0.2) is 0 Å². The lowest BCUT2D eigenvalue weighted by Crippen LogP contribution is -2.58. The highest BCUT2D eigenvalue weighted by Crippen LogP contribution is 2.14. The lowest BCUT2D eigenvalue weighted by atomic mass is 10.1. The van der Waals surface area contributed by atoms with Gasteiger partial charge in [0.2, 0.25) is 0 Å². The van der Waals surface area contributed by atoms with Gasteiger partial charge in [-0.05, 0) is 51.9 Å². The molecule has 1 aromatic heterocycles. The van der Waals surface area contributed by atoms with E-state index in [0.29, 0.717) is 31.9 Å². The van der Waals surface area contributed by atoms with Gasteiger partial charge in [0.25, 0.3) is 5.91 Å². The number of nitrogens with one attached hydrogen (secondary N) is 2. The first-order valence-corrected chi connectivity index (χ1v) is 9.17. The van der Waals surface area contributed by atoms with Crippen LogP contribution in [0, 0.1) is 0 Å². The third-order valence-corrected chi connectivity index (χ3v) is 4.95. The van der Waals surface area contributed by atoms with Crippen LogP contribution in [0.5, 0.6) is 0 Å². The number of carbonyl (C=O) groups is 2. The summed E-state index contributed by atoms with van der Waals surface area (Å²) in [4.78, 5) is 33.9. The third-order valence-electron chi connectivity index (χ3n) is 4.95. The molecule has 0 aliphatic carbocycles. The molecule has 2 aliphatic rings. The second kappa shape index (κ2) is 7.47. The summed E-state index contributed by atoms with van der Waals surface area (Å²) >= 11 is 0. The molecule has 138 valence electrons. The third kappa shape index (κ3) is 4.54. The number of carbonyl (C=O) groups excluding carboxylic acids is 2. The summed E-state index contributed by atoms with van der Waals surface area (Å²) in [6, 6.07) is 3.57. The number of rotatable bonds is 4. The van der Waals surface area contributed by atoms with E-state index in [-0.39, 0.29) is 17.5 Å². The minimum absolute atomic E-state index is 0.000536. The van der Waals surface area contributed by atoms with Crippen LogP contribution in [0.3, 0.4) is 0 Å². The highest BCUT2D eigenvalue weighted by molar-refractivity contribution is 5.92. The summed E-state index contributed by atoms with van der Waals surface area (Å²) in [6.07, 6.45) is 4.25. The Morgan fingerprint density at radius 1 is 1.08 bits per heavy atom. The van der Waals surface area contributed by atoms with Crippen molar-refractivity contribution in [3.63, 3.8) is 0 Å². The molecule has 3 heterocycles. The summed E-state index contributed by atoms with van der Waals surface area (Å²) in [5, 5.41) is 3.16. The molecule has 0 atom stereocenters. The van der Waals surface area contributed by atoms with E-state index in [1.165, 1.54) is 12.8 Å². The molecule has 2 fully saturated rings. The smallest absolute Gasteiger partial charge is 0.317 e. The first-order valence-electron chi connectivity index (χ1n) is 9.17. The summed E-state index contributed by atoms with van der Waals surface area (Å²) < 4.78 is 0. The average Bonchev–Trinajstić information content (AvgIpc) is 3.27. The van der Waals surface area contributed by atoms with Crippen LogP contribution in [0.25, 0.3) is 0 Å². The Hall–Kier alpha value is -2.02. The van der Waals surface area contributed by atoms with Gasteiger partial charge in [-0.25, -0.2) is 4.79 Å². The van der Waals surface area contributed by atoms with Crippen molar-refractivity contribution < 1.29 is 9.59 Å². The zero-order chi connectivity index (χ0) is 17.9. The Morgan fingerprint density at radius 3 is 2.32 bits per heavy atom. The van der Waals surface area contributed by atoms with Crippen LogP contribution in [0.2, 0.25) is 0 Å². The fourth-order valence-corrected chi connectivity index (χ4v) is 3.65. The summed E-state index contributed by atoms with van der Waals surface area (Å²) in [5.41, 5.74) is 0.350. The van der Waals surface area contributed by atoms with Crippen LogP contribution in [-0.2, 0) is 0 Å². The van der Waals surface area contributed by atoms with Crippen molar-refractivity contribution in [1.82, 2.24) is 25.0 Å². The molecule has 0 spiro atoms. The van der Waals surface area contributed by atoms with Crippen LogP contribution < -0.4 is 5.32 Å². The Morgan fingerprint density at radius 2 is 1.72 bits per heavy atom. The van der Waals surface area contributed by atoms with E-state index in [9.17, 15) is 9.59 Å².